The minimum atomic E-state index is -0.155. The Bertz CT molecular complexity index is 1200. The normalized spacial score (nSPS) is 11.7. The molecule has 0 atom stereocenters. The second kappa shape index (κ2) is 6.92. The largest absolute Gasteiger partial charge is 0.282 e. The Hall–Kier alpha value is -3.06. The van der Waals surface area contributed by atoms with Gasteiger partial charge < -0.3 is 0 Å². The Labute approximate surface area is 160 Å². The van der Waals surface area contributed by atoms with Crippen LogP contribution in [0.5, 0.6) is 0 Å². The average Bonchev–Trinajstić information content (AvgIpc) is 3.24. The molecule has 7 heteroatoms. The van der Waals surface area contributed by atoms with Crippen molar-refractivity contribution in [3.05, 3.63) is 74.9 Å². The first kappa shape index (κ1) is 17.4. The zero-order valence-electron chi connectivity index (χ0n) is 15.4. The van der Waals surface area contributed by atoms with Gasteiger partial charge in [-0.15, -0.1) is 11.3 Å². The van der Waals surface area contributed by atoms with Crippen molar-refractivity contribution in [2.24, 2.45) is 5.10 Å². The summed E-state index contributed by atoms with van der Waals surface area (Å²) in [6, 6.07) is 11.8. The van der Waals surface area contributed by atoms with Crippen molar-refractivity contribution in [3.8, 4) is 5.69 Å². The molecule has 0 bridgehead atoms. The predicted octanol–water partition coefficient (Wildman–Crippen LogP) is 3.71. The highest BCUT2D eigenvalue weighted by atomic mass is 32.1. The highest BCUT2D eigenvalue weighted by molar-refractivity contribution is 7.18. The number of nitrogens with zero attached hydrogens (tertiary/aromatic N) is 5. The topological polar surface area (TPSA) is 65.1 Å². The molecule has 3 aromatic heterocycles. The second-order valence-corrected chi connectivity index (χ2v) is 7.37. The van der Waals surface area contributed by atoms with E-state index in [0.717, 1.165) is 38.8 Å². The maximum absolute atomic E-state index is 12.7. The molecule has 1 aromatic carbocycles. The fraction of sp³-hybridized carbons (Fsp3) is 0.200. The first-order chi connectivity index (χ1) is 13.1. The van der Waals surface area contributed by atoms with E-state index in [1.807, 2.05) is 54.9 Å². The van der Waals surface area contributed by atoms with Crippen LogP contribution in [0.1, 0.15) is 28.8 Å². The molecule has 27 heavy (non-hydrogen) atoms. The van der Waals surface area contributed by atoms with Crippen molar-refractivity contribution in [1.82, 2.24) is 19.4 Å². The Balaban J connectivity index is 1.73. The quantitative estimate of drug-likeness (QED) is 0.509. The number of hydrogen-bond acceptors (Lipinski definition) is 5. The molecule has 136 valence electrons. The number of thiophene rings is 1. The van der Waals surface area contributed by atoms with Gasteiger partial charge >= 0.3 is 0 Å². The molecule has 0 spiro atoms. The first-order valence-electron chi connectivity index (χ1n) is 8.74. The van der Waals surface area contributed by atoms with E-state index in [9.17, 15) is 4.79 Å². The van der Waals surface area contributed by atoms with Crippen LogP contribution >= 0.6 is 11.3 Å². The molecule has 0 aliphatic rings. The predicted molar refractivity (Wildman–Crippen MR) is 109 cm³/mol. The Kier molecular flexibility index (Phi) is 4.45. The summed E-state index contributed by atoms with van der Waals surface area (Å²) in [4.78, 5) is 18.9. The highest BCUT2D eigenvalue weighted by Crippen LogP contribution is 2.21. The third-order valence-corrected chi connectivity index (χ3v) is 5.68. The number of aromatic nitrogens is 4. The van der Waals surface area contributed by atoms with E-state index < -0.39 is 0 Å². The minimum Gasteiger partial charge on any atom is -0.267 e. The minimum absolute atomic E-state index is 0.155. The van der Waals surface area contributed by atoms with Gasteiger partial charge in [0.1, 0.15) is 11.2 Å². The van der Waals surface area contributed by atoms with Gasteiger partial charge in [-0.05, 0) is 38.5 Å². The van der Waals surface area contributed by atoms with Crippen LogP contribution in [0.3, 0.4) is 0 Å². The van der Waals surface area contributed by atoms with Crippen molar-refractivity contribution in [3.63, 3.8) is 0 Å². The zero-order valence-corrected chi connectivity index (χ0v) is 16.2. The smallest absolute Gasteiger partial charge is 0.267 e. The standard InChI is InChI=1S/C20H19N5OS/c1-4-16-10-17-19(27-16)21-12-24(20(17)26)22-11-18-13(2)23-25(14(18)3)15-8-6-5-7-9-15/h5-12H,4H2,1-3H3/b22-11-. The average molecular weight is 377 g/mol. The van der Waals surface area contributed by atoms with Crippen LogP contribution in [0.4, 0.5) is 0 Å². The summed E-state index contributed by atoms with van der Waals surface area (Å²) in [7, 11) is 0. The summed E-state index contributed by atoms with van der Waals surface area (Å²) >= 11 is 1.55. The van der Waals surface area contributed by atoms with Gasteiger partial charge in [-0.2, -0.15) is 14.9 Å². The third-order valence-electron chi connectivity index (χ3n) is 4.49. The molecule has 0 aliphatic heterocycles. The number of hydrogen-bond donors (Lipinski definition) is 0. The lowest BCUT2D eigenvalue weighted by Crippen LogP contribution is -2.16. The Morgan fingerprint density at radius 2 is 2.00 bits per heavy atom. The van der Waals surface area contributed by atoms with Gasteiger partial charge in [0.15, 0.2) is 0 Å². The Morgan fingerprint density at radius 3 is 2.74 bits per heavy atom. The summed E-state index contributed by atoms with van der Waals surface area (Å²) < 4.78 is 3.17. The van der Waals surface area contributed by atoms with Crippen molar-refractivity contribution < 1.29 is 0 Å². The van der Waals surface area contributed by atoms with Gasteiger partial charge in [0.25, 0.3) is 5.56 Å². The number of rotatable bonds is 4. The molecule has 4 aromatic rings. The van der Waals surface area contributed by atoms with Crippen LogP contribution in [0, 0.1) is 13.8 Å². The van der Waals surface area contributed by atoms with Crippen LogP contribution < -0.4 is 5.56 Å². The molecular weight excluding hydrogens is 358 g/mol. The molecule has 0 amide bonds. The maximum atomic E-state index is 12.7. The fourth-order valence-electron chi connectivity index (χ4n) is 3.00. The Morgan fingerprint density at radius 1 is 1.22 bits per heavy atom. The first-order valence-corrected chi connectivity index (χ1v) is 9.56. The second-order valence-electron chi connectivity index (χ2n) is 6.26. The molecule has 0 unspecified atom stereocenters. The van der Waals surface area contributed by atoms with E-state index in [1.54, 1.807) is 17.6 Å². The van der Waals surface area contributed by atoms with Crippen LogP contribution in [-0.2, 0) is 6.42 Å². The van der Waals surface area contributed by atoms with Crippen LogP contribution in [0.2, 0.25) is 0 Å². The lowest BCUT2D eigenvalue weighted by Gasteiger charge is -2.03. The van der Waals surface area contributed by atoms with E-state index in [4.69, 9.17) is 0 Å². The molecule has 0 aliphatic carbocycles. The van der Waals surface area contributed by atoms with Gasteiger partial charge in [0.2, 0.25) is 0 Å². The van der Waals surface area contributed by atoms with E-state index in [-0.39, 0.29) is 5.56 Å². The number of para-hydroxylation sites is 1. The van der Waals surface area contributed by atoms with Gasteiger partial charge in [-0.1, -0.05) is 25.1 Å². The van der Waals surface area contributed by atoms with Crippen molar-refractivity contribution in [2.45, 2.75) is 27.2 Å². The summed E-state index contributed by atoms with van der Waals surface area (Å²) in [5.74, 6) is 0. The maximum Gasteiger partial charge on any atom is 0.282 e. The molecule has 0 saturated heterocycles. The fourth-order valence-corrected chi connectivity index (χ4v) is 3.93. The molecule has 3 heterocycles. The number of benzene rings is 1. The van der Waals surface area contributed by atoms with E-state index in [1.165, 1.54) is 11.0 Å². The molecule has 4 rings (SSSR count). The van der Waals surface area contributed by atoms with Crippen molar-refractivity contribution >= 4 is 27.8 Å². The number of fused-ring (bicyclic) bond motifs is 1. The molecule has 0 saturated carbocycles. The van der Waals surface area contributed by atoms with E-state index >= 15 is 0 Å². The lowest BCUT2D eigenvalue weighted by atomic mass is 10.2. The number of aryl methyl sites for hydroxylation is 2. The molecule has 0 radical (unpaired) electrons. The van der Waals surface area contributed by atoms with E-state index in [2.05, 4.69) is 22.1 Å². The summed E-state index contributed by atoms with van der Waals surface area (Å²) in [5.41, 5.74) is 3.55. The summed E-state index contributed by atoms with van der Waals surface area (Å²) in [5, 5.41) is 9.58. The van der Waals surface area contributed by atoms with Crippen LogP contribution in [0.25, 0.3) is 15.9 Å². The zero-order chi connectivity index (χ0) is 19.0. The molecule has 6 nitrogen and oxygen atoms in total. The van der Waals surface area contributed by atoms with Gasteiger partial charge in [-0.25, -0.2) is 9.67 Å². The van der Waals surface area contributed by atoms with Crippen LogP contribution in [-0.4, -0.2) is 25.7 Å². The molecule has 0 fully saturated rings. The van der Waals surface area contributed by atoms with Crippen molar-refractivity contribution in [2.75, 3.05) is 0 Å². The molecular formula is C20H19N5OS. The monoisotopic (exact) mass is 377 g/mol. The van der Waals surface area contributed by atoms with E-state index in [0.29, 0.717) is 5.39 Å². The van der Waals surface area contributed by atoms with Gasteiger partial charge in [0, 0.05) is 10.4 Å². The highest BCUT2D eigenvalue weighted by Gasteiger charge is 2.12. The van der Waals surface area contributed by atoms with Gasteiger partial charge in [-0.3, -0.25) is 4.79 Å². The van der Waals surface area contributed by atoms with Gasteiger partial charge in [0.05, 0.1) is 28.7 Å². The lowest BCUT2D eigenvalue weighted by molar-refractivity contribution is 0.818. The van der Waals surface area contributed by atoms with Crippen LogP contribution in [0.15, 0.2) is 52.6 Å². The van der Waals surface area contributed by atoms with Crippen molar-refractivity contribution in [1.29, 1.82) is 0 Å². The molecule has 0 N–H and O–H groups in total. The SMILES string of the molecule is CCc1cc2c(=O)n(/N=C\c3c(C)nn(-c4ccccc4)c3C)cnc2s1. The summed E-state index contributed by atoms with van der Waals surface area (Å²) in [6.45, 7) is 5.99. The third kappa shape index (κ3) is 3.10. The summed E-state index contributed by atoms with van der Waals surface area (Å²) in [6.07, 6.45) is 4.04.